The molecule has 0 aliphatic heterocycles. The molecule has 1 nitrogen and oxygen atoms in total. The van der Waals surface area contributed by atoms with Crippen molar-refractivity contribution in [3.8, 4) is 0 Å². The third-order valence-electron chi connectivity index (χ3n) is 2.73. The zero-order chi connectivity index (χ0) is 9.26. The second kappa shape index (κ2) is 3.81. The van der Waals surface area contributed by atoms with Gasteiger partial charge in [0.05, 0.1) is 0 Å². The smallest absolute Gasteiger partial charge is 0.0389 e. The number of thiophene rings is 1. The van der Waals surface area contributed by atoms with E-state index in [0.29, 0.717) is 6.04 Å². The topological polar surface area (TPSA) is 26.0 Å². The van der Waals surface area contributed by atoms with Crippen LogP contribution in [0.1, 0.15) is 47.5 Å². The van der Waals surface area contributed by atoms with Crippen LogP contribution in [-0.4, -0.2) is 0 Å². The Morgan fingerprint density at radius 3 is 3.08 bits per heavy atom. The standard InChI is InChI=1S/C11H17NS/c1-2-4-9(12)11-7-8-5-3-6-10(8)13-11/h7,9H,2-6,12H2,1H3. The maximum Gasteiger partial charge on any atom is 0.0389 e. The van der Waals surface area contributed by atoms with E-state index in [0.717, 1.165) is 6.42 Å². The predicted molar refractivity (Wildman–Crippen MR) is 58.2 cm³/mol. The summed E-state index contributed by atoms with van der Waals surface area (Å²) < 4.78 is 0. The number of rotatable bonds is 3. The lowest BCUT2D eigenvalue weighted by atomic mass is 10.1. The first-order valence-electron chi connectivity index (χ1n) is 5.18. The van der Waals surface area contributed by atoms with Gasteiger partial charge < -0.3 is 5.73 Å². The molecule has 1 aromatic rings. The largest absolute Gasteiger partial charge is 0.323 e. The van der Waals surface area contributed by atoms with E-state index >= 15 is 0 Å². The van der Waals surface area contributed by atoms with Gasteiger partial charge in [0, 0.05) is 15.8 Å². The Hall–Kier alpha value is -0.340. The molecule has 0 radical (unpaired) electrons. The van der Waals surface area contributed by atoms with Crippen molar-refractivity contribution in [3.63, 3.8) is 0 Å². The van der Waals surface area contributed by atoms with Gasteiger partial charge in [-0.25, -0.2) is 0 Å². The monoisotopic (exact) mass is 195 g/mol. The second-order valence-electron chi connectivity index (χ2n) is 3.85. The number of nitrogens with two attached hydrogens (primary N) is 1. The van der Waals surface area contributed by atoms with Crippen LogP contribution in [0.2, 0.25) is 0 Å². The summed E-state index contributed by atoms with van der Waals surface area (Å²) in [5, 5.41) is 0. The van der Waals surface area contributed by atoms with Crippen LogP contribution in [0.15, 0.2) is 6.07 Å². The minimum absolute atomic E-state index is 0.292. The van der Waals surface area contributed by atoms with Gasteiger partial charge in [-0.05, 0) is 37.3 Å². The molecule has 2 N–H and O–H groups in total. The van der Waals surface area contributed by atoms with E-state index in [4.69, 9.17) is 5.73 Å². The molecular formula is C11H17NS. The molecular weight excluding hydrogens is 178 g/mol. The third kappa shape index (κ3) is 1.79. The van der Waals surface area contributed by atoms with Crippen LogP contribution >= 0.6 is 11.3 Å². The van der Waals surface area contributed by atoms with Crippen LogP contribution in [-0.2, 0) is 12.8 Å². The van der Waals surface area contributed by atoms with E-state index in [1.807, 2.05) is 11.3 Å². The molecule has 1 heterocycles. The molecule has 1 aliphatic carbocycles. The molecule has 1 aromatic heterocycles. The summed E-state index contributed by atoms with van der Waals surface area (Å²) in [6.45, 7) is 2.20. The summed E-state index contributed by atoms with van der Waals surface area (Å²) in [6.07, 6.45) is 6.23. The zero-order valence-corrected chi connectivity index (χ0v) is 8.99. The molecule has 2 rings (SSSR count). The van der Waals surface area contributed by atoms with Crippen LogP contribution in [0.4, 0.5) is 0 Å². The van der Waals surface area contributed by atoms with Crippen molar-refractivity contribution in [3.05, 3.63) is 21.4 Å². The first kappa shape index (κ1) is 9.22. The molecule has 0 fully saturated rings. The Kier molecular flexibility index (Phi) is 2.70. The van der Waals surface area contributed by atoms with Crippen molar-refractivity contribution in [1.82, 2.24) is 0 Å². The first-order valence-corrected chi connectivity index (χ1v) is 6.00. The van der Waals surface area contributed by atoms with E-state index < -0.39 is 0 Å². The van der Waals surface area contributed by atoms with Crippen molar-refractivity contribution < 1.29 is 0 Å². The van der Waals surface area contributed by atoms with Crippen LogP contribution in [0.3, 0.4) is 0 Å². The van der Waals surface area contributed by atoms with E-state index in [2.05, 4.69) is 13.0 Å². The second-order valence-corrected chi connectivity index (χ2v) is 5.01. The van der Waals surface area contributed by atoms with Gasteiger partial charge in [-0.15, -0.1) is 11.3 Å². The lowest BCUT2D eigenvalue weighted by molar-refractivity contribution is 0.648. The number of hydrogen-bond acceptors (Lipinski definition) is 2. The van der Waals surface area contributed by atoms with E-state index in [1.165, 1.54) is 30.6 Å². The summed E-state index contributed by atoms with van der Waals surface area (Å²) in [7, 11) is 0. The van der Waals surface area contributed by atoms with Gasteiger partial charge in [0.1, 0.15) is 0 Å². The van der Waals surface area contributed by atoms with Gasteiger partial charge in [0.25, 0.3) is 0 Å². The SMILES string of the molecule is CCCC(N)c1cc2c(s1)CCC2. The molecule has 1 aliphatic rings. The fraction of sp³-hybridized carbons (Fsp3) is 0.636. The fourth-order valence-corrected chi connectivity index (χ4v) is 3.28. The molecule has 13 heavy (non-hydrogen) atoms. The molecule has 0 aromatic carbocycles. The first-order chi connectivity index (χ1) is 6.31. The molecule has 1 unspecified atom stereocenters. The minimum Gasteiger partial charge on any atom is -0.323 e. The van der Waals surface area contributed by atoms with Crippen LogP contribution < -0.4 is 5.73 Å². The summed E-state index contributed by atoms with van der Waals surface area (Å²) in [4.78, 5) is 3.01. The normalized spacial score (nSPS) is 17.4. The maximum absolute atomic E-state index is 6.08. The molecule has 0 amide bonds. The van der Waals surface area contributed by atoms with Gasteiger partial charge in [-0.2, -0.15) is 0 Å². The lowest BCUT2D eigenvalue weighted by Crippen LogP contribution is -2.07. The molecule has 0 bridgehead atoms. The minimum atomic E-state index is 0.292. The highest BCUT2D eigenvalue weighted by Gasteiger charge is 2.17. The highest BCUT2D eigenvalue weighted by Crippen LogP contribution is 2.34. The van der Waals surface area contributed by atoms with Crippen molar-refractivity contribution in [1.29, 1.82) is 0 Å². The van der Waals surface area contributed by atoms with Gasteiger partial charge in [-0.1, -0.05) is 13.3 Å². The van der Waals surface area contributed by atoms with Gasteiger partial charge in [0.2, 0.25) is 0 Å². The van der Waals surface area contributed by atoms with Gasteiger partial charge >= 0.3 is 0 Å². The lowest BCUT2D eigenvalue weighted by Gasteiger charge is -2.06. The van der Waals surface area contributed by atoms with E-state index in [-0.39, 0.29) is 0 Å². The molecule has 1 atom stereocenters. The summed E-state index contributed by atoms with van der Waals surface area (Å²) >= 11 is 1.95. The quantitative estimate of drug-likeness (QED) is 0.788. The molecule has 0 saturated heterocycles. The molecule has 0 saturated carbocycles. The Bertz CT molecular complexity index is 269. The molecule has 72 valence electrons. The van der Waals surface area contributed by atoms with Gasteiger partial charge in [0.15, 0.2) is 0 Å². The highest BCUT2D eigenvalue weighted by atomic mass is 32.1. The molecule has 0 spiro atoms. The van der Waals surface area contributed by atoms with Crippen LogP contribution in [0.25, 0.3) is 0 Å². The van der Waals surface area contributed by atoms with Crippen molar-refractivity contribution >= 4 is 11.3 Å². The Morgan fingerprint density at radius 2 is 2.38 bits per heavy atom. The highest BCUT2D eigenvalue weighted by molar-refractivity contribution is 7.12. The van der Waals surface area contributed by atoms with E-state index in [9.17, 15) is 0 Å². The number of fused-ring (bicyclic) bond motifs is 1. The zero-order valence-electron chi connectivity index (χ0n) is 8.18. The van der Waals surface area contributed by atoms with Crippen molar-refractivity contribution in [2.45, 2.75) is 45.1 Å². The Balaban J connectivity index is 2.13. The van der Waals surface area contributed by atoms with Crippen LogP contribution in [0, 0.1) is 0 Å². The maximum atomic E-state index is 6.08. The van der Waals surface area contributed by atoms with Crippen molar-refractivity contribution in [2.75, 3.05) is 0 Å². The summed E-state index contributed by atoms with van der Waals surface area (Å²) in [6, 6.07) is 2.63. The average molecular weight is 195 g/mol. The number of hydrogen-bond donors (Lipinski definition) is 1. The third-order valence-corrected chi connectivity index (χ3v) is 4.10. The summed E-state index contributed by atoms with van der Waals surface area (Å²) in [5.74, 6) is 0. The van der Waals surface area contributed by atoms with Crippen LogP contribution in [0.5, 0.6) is 0 Å². The number of aryl methyl sites for hydroxylation is 2. The fourth-order valence-electron chi connectivity index (χ4n) is 1.99. The predicted octanol–water partition coefficient (Wildman–Crippen LogP) is 3.04. The van der Waals surface area contributed by atoms with Gasteiger partial charge in [-0.3, -0.25) is 0 Å². The average Bonchev–Trinajstić information content (AvgIpc) is 2.61. The Morgan fingerprint density at radius 1 is 1.54 bits per heavy atom. The Labute approximate surface area is 84.0 Å². The molecule has 2 heteroatoms. The van der Waals surface area contributed by atoms with E-state index in [1.54, 1.807) is 10.4 Å². The van der Waals surface area contributed by atoms with Crippen molar-refractivity contribution in [2.24, 2.45) is 5.73 Å². The summed E-state index contributed by atoms with van der Waals surface area (Å²) in [5.41, 5.74) is 7.65.